The van der Waals surface area contributed by atoms with Crippen LogP contribution in [-0.4, -0.2) is 19.5 Å². The van der Waals surface area contributed by atoms with Crippen molar-refractivity contribution in [3.05, 3.63) is 11.2 Å². The minimum absolute atomic E-state index is 0. The highest BCUT2D eigenvalue weighted by molar-refractivity contribution is 7.74. The Balaban J connectivity index is 0.000001000. The first-order valence-electron chi connectivity index (χ1n) is 2.55. The minimum Gasteiger partial charge on any atom is -0.244 e. The van der Waals surface area contributed by atoms with E-state index in [0.29, 0.717) is 11.6 Å². The highest BCUT2D eigenvalue weighted by Crippen LogP contribution is 2.07. The second kappa shape index (κ2) is 4.54. The molecule has 3 nitrogen and oxygen atoms in total. The molecule has 0 aromatic rings. The highest BCUT2D eigenvalue weighted by atomic mass is 35.5. The van der Waals surface area contributed by atoms with Crippen molar-refractivity contribution in [3.63, 3.8) is 0 Å². The average molecular weight is 214 g/mol. The monoisotopic (exact) mass is 213 g/mol. The molecule has 0 aromatic carbocycles. The van der Waals surface area contributed by atoms with E-state index in [9.17, 15) is 8.42 Å². The Morgan fingerprint density at radius 2 is 2.18 bits per heavy atom. The smallest absolute Gasteiger partial charge is 0.219 e. The van der Waals surface area contributed by atoms with Crippen molar-refractivity contribution < 1.29 is 8.42 Å². The van der Waals surface area contributed by atoms with Crippen LogP contribution in [0.25, 0.3) is 0 Å². The van der Waals surface area contributed by atoms with Crippen LogP contribution < -0.4 is 0 Å². The van der Waals surface area contributed by atoms with Gasteiger partial charge in [-0.15, -0.1) is 12.4 Å². The van der Waals surface area contributed by atoms with Gasteiger partial charge in [-0.05, 0) is 6.08 Å². The van der Waals surface area contributed by atoms with Crippen molar-refractivity contribution in [1.82, 2.24) is 0 Å². The maximum Gasteiger partial charge on any atom is 0.219 e. The topological polar surface area (TPSA) is 46.5 Å². The summed E-state index contributed by atoms with van der Waals surface area (Å²) in [6.07, 6.45) is 3.15. The first-order valence-corrected chi connectivity index (χ1v) is 4.00. The molecule has 0 spiro atoms. The van der Waals surface area contributed by atoms with Gasteiger partial charge in [0.25, 0.3) is 0 Å². The maximum absolute atomic E-state index is 10.3. The number of hydrogen-bond donors (Lipinski definition) is 0. The third-order valence-electron chi connectivity index (χ3n) is 1.02. The third-order valence-corrected chi connectivity index (χ3v) is 1.97. The van der Waals surface area contributed by atoms with Crippen molar-refractivity contribution in [1.29, 1.82) is 0 Å². The van der Waals surface area contributed by atoms with Crippen LogP contribution in [0.2, 0.25) is 0 Å². The van der Waals surface area contributed by atoms with Gasteiger partial charge in [0.15, 0.2) is 0 Å². The Morgan fingerprint density at radius 3 is 2.55 bits per heavy atom. The first-order chi connectivity index (χ1) is 4.70. The molecule has 1 rings (SSSR count). The lowest BCUT2D eigenvalue weighted by molar-refractivity contribution is 0.627. The number of halogens is 2. The lowest BCUT2D eigenvalue weighted by Gasteiger charge is -1.96. The Morgan fingerprint density at radius 1 is 1.55 bits per heavy atom. The summed E-state index contributed by atoms with van der Waals surface area (Å²) in [5.74, 6) is 0. The van der Waals surface area contributed by atoms with E-state index in [1.807, 2.05) is 0 Å². The van der Waals surface area contributed by atoms with Gasteiger partial charge in [0.2, 0.25) is 10.3 Å². The van der Waals surface area contributed by atoms with E-state index in [0.717, 1.165) is 0 Å². The SMILES string of the molecule is Cl.O=S(=O)=C1C=NC(Cl)=CC1. The molecule has 1 heterocycles. The van der Waals surface area contributed by atoms with Gasteiger partial charge in [-0.3, -0.25) is 0 Å². The summed E-state index contributed by atoms with van der Waals surface area (Å²) in [6.45, 7) is 0. The van der Waals surface area contributed by atoms with Gasteiger partial charge in [0.05, 0.1) is 4.86 Å². The zero-order valence-electron chi connectivity index (χ0n) is 5.32. The lowest BCUT2D eigenvalue weighted by Crippen LogP contribution is -2.03. The molecule has 0 aliphatic carbocycles. The fraction of sp³-hybridized carbons (Fsp3) is 0.200. The fourth-order valence-corrected chi connectivity index (χ4v) is 1.02. The quantitative estimate of drug-likeness (QED) is 0.446. The Hall–Kier alpha value is -0.320. The normalized spacial score (nSPS) is 15.4. The number of allylic oxidation sites excluding steroid dienone is 1. The molecule has 0 amide bonds. The minimum atomic E-state index is -2.15. The average Bonchev–Trinajstić information content (AvgIpc) is 1.88. The van der Waals surface area contributed by atoms with Gasteiger partial charge in [0.1, 0.15) is 5.16 Å². The van der Waals surface area contributed by atoms with Crippen molar-refractivity contribution in [2.75, 3.05) is 0 Å². The van der Waals surface area contributed by atoms with E-state index in [4.69, 9.17) is 11.6 Å². The van der Waals surface area contributed by atoms with E-state index in [1.165, 1.54) is 6.21 Å². The van der Waals surface area contributed by atoms with Crippen LogP contribution in [0.5, 0.6) is 0 Å². The number of hydrogen-bond acceptors (Lipinski definition) is 3. The van der Waals surface area contributed by atoms with E-state index in [1.54, 1.807) is 6.08 Å². The van der Waals surface area contributed by atoms with Crippen LogP contribution in [-0.2, 0) is 10.3 Å². The van der Waals surface area contributed by atoms with Gasteiger partial charge in [-0.2, -0.15) is 8.42 Å². The predicted octanol–water partition coefficient (Wildman–Crippen LogP) is 1.01. The zero-order chi connectivity index (χ0) is 7.56. The Labute approximate surface area is 76.7 Å². The molecule has 6 heteroatoms. The van der Waals surface area contributed by atoms with Crippen LogP contribution in [0.15, 0.2) is 16.2 Å². The lowest BCUT2D eigenvalue weighted by atomic mass is 10.3. The molecule has 0 saturated carbocycles. The second-order valence-corrected chi connectivity index (χ2v) is 3.07. The fourth-order valence-electron chi connectivity index (χ4n) is 0.535. The van der Waals surface area contributed by atoms with Crippen LogP contribution in [0, 0.1) is 0 Å². The summed E-state index contributed by atoms with van der Waals surface area (Å²) in [5, 5.41) is 0.342. The van der Waals surface area contributed by atoms with Crippen molar-refractivity contribution >= 4 is 45.4 Å². The van der Waals surface area contributed by atoms with E-state index < -0.39 is 10.3 Å². The van der Waals surface area contributed by atoms with Crippen LogP contribution >= 0.6 is 24.0 Å². The summed E-state index contributed by atoms with van der Waals surface area (Å²) in [4.78, 5) is 3.87. The molecule has 62 valence electrons. The molecule has 0 saturated heterocycles. The van der Waals surface area contributed by atoms with E-state index in [2.05, 4.69) is 4.99 Å². The summed E-state index contributed by atoms with van der Waals surface area (Å²) < 4.78 is 20.5. The van der Waals surface area contributed by atoms with Crippen molar-refractivity contribution in [2.45, 2.75) is 6.42 Å². The summed E-state index contributed by atoms with van der Waals surface area (Å²) >= 11 is 5.44. The molecule has 0 fully saturated rings. The standard InChI is InChI=1S/C5H4ClNO2S.ClH/c6-5-2-1-4(3-7-5)10(8)9;/h2-3H,1H2;1H. The second-order valence-electron chi connectivity index (χ2n) is 1.69. The molecular formula is C5H5Cl2NO2S. The zero-order valence-corrected chi connectivity index (χ0v) is 7.71. The maximum atomic E-state index is 10.3. The Bertz CT molecular complexity index is 320. The summed E-state index contributed by atoms with van der Waals surface area (Å²) in [5.41, 5.74) is 0. The molecule has 11 heavy (non-hydrogen) atoms. The molecule has 0 aromatic heterocycles. The van der Waals surface area contributed by atoms with Gasteiger partial charge < -0.3 is 0 Å². The number of rotatable bonds is 0. The largest absolute Gasteiger partial charge is 0.244 e. The first kappa shape index (κ1) is 10.7. The number of aliphatic imine (C=N–C) groups is 1. The van der Waals surface area contributed by atoms with Gasteiger partial charge in [-0.1, -0.05) is 11.6 Å². The van der Waals surface area contributed by atoms with Crippen LogP contribution in [0.3, 0.4) is 0 Å². The molecule has 1 aliphatic heterocycles. The van der Waals surface area contributed by atoms with Crippen molar-refractivity contribution in [3.8, 4) is 0 Å². The van der Waals surface area contributed by atoms with E-state index >= 15 is 0 Å². The van der Waals surface area contributed by atoms with Gasteiger partial charge in [-0.25, -0.2) is 4.99 Å². The van der Waals surface area contributed by atoms with Gasteiger partial charge >= 0.3 is 0 Å². The highest BCUT2D eigenvalue weighted by Gasteiger charge is 2.01. The number of nitrogens with zero attached hydrogens (tertiary/aromatic N) is 1. The van der Waals surface area contributed by atoms with Crippen LogP contribution in [0.4, 0.5) is 0 Å². The Kier molecular flexibility index (Phi) is 4.40. The van der Waals surface area contributed by atoms with Crippen LogP contribution in [0.1, 0.15) is 6.42 Å². The third kappa shape index (κ3) is 3.05. The molecule has 0 atom stereocenters. The molecule has 1 aliphatic rings. The summed E-state index contributed by atoms with van der Waals surface area (Å²) in [7, 11) is -2.15. The predicted molar refractivity (Wildman–Crippen MR) is 48.2 cm³/mol. The molecule has 0 radical (unpaired) electrons. The molecule has 0 unspecified atom stereocenters. The molecule has 0 bridgehead atoms. The molecular weight excluding hydrogens is 209 g/mol. The van der Waals surface area contributed by atoms with Crippen molar-refractivity contribution in [2.24, 2.45) is 4.99 Å². The van der Waals surface area contributed by atoms with E-state index in [-0.39, 0.29) is 17.3 Å². The summed E-state index contributed by atoms with van der Waals surface area (Å²) in [6, 6.07) is 0. The van der Waals surface area contributed by atoms with Gasteiger partial charge in [0, 0.05) is 12.6 Å². The molecule has 0 N–H and O–H groups in total.